The number of hydrogen-bond acceptors (Lipinski definition) is 1. The molecular formula is C16H22N2. The van der Waals surface area contributed by atoms with Crippen molar-refractivity contribution in [1.82, 2.24) is 10.3 Å². The van der Waals surface area contributed by atoms with Crippen molar-refractivity contribution in [2.24, 2.45) is 11.8 Å². The Balaban J connectivity index is 1.58. The highest BCUT2D eigenvalue weighted by Gasteiger charge is 2.20. The van der Waals surface area contributed by atoms with Crippen molar-refractivity contribution < 1.29 is 0 Å². The van der Waals surface area contributed by atoms with Gasteiger partial charge in [-0.2, -0.15) is 0 Å². The fourth-order valence-electron chi connectivity index (χ4n) is 3.23. The van der Waals surface area contributed by atoms with E-state index in [0.29, 0.717) is 0 Å². The number of aromatic amines is 1. The lowest BCUT2D eigenvalue weighted by atomic mass is 10.1. The third kappa shape index (κ3) is 2.44. The second kappa shape index (κ2) is 5.15. The van der Waals surface area contributed by atoms with E-state index < -0.39 is 0 Å². The molecule has 1 aliphatic carbocycles. The summed E-state index contributed by atoms with van der Waals surface area (Å²) < 4.78 is 0. The van der Waals surface area contributed by atoms with E-state index in [9.17, 15) is 0 Å². The molecule has 96 valence electrons. The van der Waals surface area contributed by atoms with Crippen LogP contribution in [0.3, 0.4) is 0 Å². The molecule has 0 aliphatic heterocycles. The first kappa shape index (κ1) is 11.8. The van der Waals surface area contributed by atoms with E-state index in [-0.39, 0.29) is 0 Å². The zero-order chi connectivity index (χ0) is 12.4. The second-order valence-corrected chi connectivity index (χ2v) is 5.77. The molecule has 2 heteroatoms. The normalized spacial score (nSPS) is 23.8. The molecule has 2 nitrogen and oxygen atoms in total. The molecule has 2 N–H and O–H groups in total. The van der Waals surface area contributed by atoms with E-state index in [1.807, 2.05) is 6.20 Å². The number of hydrogen-bond donors (Lipinski definition) is 2. The Hall–Kier alpha value is -1.28. The van der Waals surface area contributed by atoms with Gasteiger partial charge in [0.25, 0.3) is 0 Å². The monoisotopic (exact) mass is 242 g/mol. The molecule has 1 aromatic heterocycles. The van der Waals surface area contributed by atoms with Gasteiger partial charge in [-0.05, 0) is 48.9 Å². The lowest BCUT2D eigenvalue weighted by Gasteiger charge is -2.11. The summed E-state index contributed by atoms with van der Waals surface area (Å²) >= 11 is 0. The van der Waals surface area contributed by atoms with E-state index >= 15 is 0 Å². The van der Waals surface area contributed by atoms with Crippen LogP contribution in [0, 0.1) is 11.8 Å². The van der Waals surface area contributed by atoms with E-state index in [4.69, 9.17) is 0 Å². The van der Waals surface area contributed by atoms with Crippen LogP contribution in [-0.2, 0) is 6.54 Å². The van der Waals surface area contributed by atoms with E-state index in [2.05, 4.69) is 41.5 Å². The van der Waals surface area contributed by atoms with Crippen LogP contribution in [0.25, 0.3) is 10.9 Å². The van der Waals surface area contributed by atoms with Gasteiger partial charge in [-0.1, -0.05) is 25.5 Å². The Bertz CT molecular complexity index is 515. The zero-order valence-electron chi connectivity index (χ0n) is 11.1. The van der Waals surface area contributed by atoms with Gasteiger partial charge < -0.3 is 10.3 Å². The van der Waals surface area contributed by atoms with Crippen molar-refractivity contribution in [1.29, 1.82) is 0 Å². The minimum atomic E-state index is 0.894. The molecule has 0 saturated heterocycles. The molecule has 2 atom stereocenters. The quantitative estimate of drug-likeness (QED) is 0.840. The molecule has 0 bridgehead atoms. The highest BCUT2D eigenvalue weighted by atomic mass is 14.9. The Morgan fingerprint density at radius 2 is 2.22 bits per heavy atom. The Labute approximate surface area is 109 Å². The molecule has 2 unspecified atom stereocenters. The average molecular weight is 242 g/mol. The van der Waals surface area contributed by atoms with Crippen LogP contribution in [-0.4, -0.2) is 11.5 Å². The van der Waals surface area contributed by atoms with Crippen LogP contribution in [0.15, 0.2) is 30.5 Å². The van der Waals surface area contributed by atoms with Gasteiger partial charge in [-0.3, -0.25) is 0 Å². The van der Waals surface area contributed by atoms with Crippen LogP contribution in [0.1, 0.15) is 31.7 Å². The minimum absolute atomic E-state index is 0.894. The second-order valence-electron chi connectivity index (χ2n) is 5.77. The van der Waals surface area contributed by atoms with Gasteiger partial charge in [0.2, 0.25) is 0 Å². The molecule has 1 saturated carbocycles. The summed E-state index contributed by atoms with van der Waals surface area (Å²) in [6.07, 6.45) is 6.25. The van der Waals surface area contributed by atoms with Gasteiger partial charge >= 0.3 is 0 Å². The maximum absolute atomic E-state index is 3.63. The maximum Gasteiger partial charge on any atom is 0.0457 e. The van der Waals surface area contributed by atoms with Crippen molar-refractivity contribution in [2.75, 3.05) is 6.54 Å². The molecule has 0 spiro atoms. The van der Waals surface area contributed by atoms with Crippen LogP contribution in [0.4, 0.5) is 0 Å². The minimum Gasteiger partial charge on any atom is -0.361 e. The summed E-state index contributed by atoms with van der Waals surface area (Å²) in [6.45, 7) is 4.53. The van der Waals surface area contributed by atoms with Gasteiger partial charge in [0, 0.05) is 23.6 Å². The Kier molecular flexibility index (Phi) is 3.37. The molecule has 1 aromatic carbocycles. The third-order valence-electron chi connectivity index (χ3n) is 4.24. The molecule has 1 fully saturated rings. The number of rotatable bonds is 4. The average Bonchev–Trinajstić information content (AvgIpc) is 2.98. The molecule has 0 amide bonds. The Morgan fingerprint density at radius 3 is 3.06 bits per heavy atom. The summed E-state index contributed by atoms with van der Waals surface area (Å²) in [6, 6.07) is 8.66. The molecule has 0 radical (unpaired) electrons. The van der Waals surface area contributed by atoms with Gasteiger partial charge in [0.05, 0.1) is 0 Å². The van der Waals surface area contributed by atoms with E-state index in [0.717, 1.165) is 18.4 Å². The SMILES string of the molecule is CC1CCC(CNCc2cccc3[nH]ccc23)C1. The standard InChI is InChI=1S/C16H22N2/c1-12-5-6-13(9-12)10-17-11-14-3-2-4-16-15(14)7-8-18-16/h2-4,7-8,12-13,17-18H,5-6,9-11H2,1H3. The highest BCUT2D eigenvalue weighted by Crippen LogP contribution is 2.29. The number of aromatic nitrogens is 1. The lowest BCUT2D eigenvalue weighted by molar-refractivity contribution is 0.471. The summed E-state index contributed by atoms with van der Waals surface area (Å²) in [5.74, 6) is 1.83. The Morgan fingerprint density at radius 1 is 1.28 bits per heavy atom. The zero-order valence-corrected chi connectivity index (χ0v) is 11.1. The van der Waals surface area contributed by atoms with Crippen molar-refractivity contribution in [3.63, 3.8) is 0 Å². The fraction of sp³-hybridized carbons (Fsp3) is 0.500. The maximum atomic E-state index is 3.63. The summed E-state index contributed by atoms with van der Waals surface area (Å²) in [4.78, 5) is 3.27. The van der Waals surface area contributed by atoms with Crippen molar-refractivity contribution in [3.05, 3.63) is 36.0 Å². The van der Waals surface area contributed by atoms with Crippen LogP contribution >= 0.6 is 0 Å². The van der Waals surface area contributed by atoms with E-state index in [1.54, 1.807) is 0 Å². The third-order valence-corrected chi connectivity index (χ3v) is 4.24. The van der Waals surface area contributed by atoms with Gasteiger partial charge in [0.15, 0.2) is 0 Å². The number of nitrogens with one attached hydrogen (secondary N) is 2. The molecule has 1 heterocycles. The molecule has 2 aromatic rings. The largest absolute Gasteiger partial charge is 0.361 e. The van der Waals surface area contributed by atoms with Crippen molar-refractivity contribution in [3.8, 4) is 0 Å². The van der Waals surface area contributed by atoms with Crippen molar-refractivity contribution >= 4 is 10.9 Å². The summed E-state index contributed by atoms with van der Waals surface area (Å²) in [5.41, 5.74) is 2.64. The van der Waals surface area contributed by atoms with Gasteiger partial charge in [-0.15, -0.1) is 0 Å². The number of fused-ring (bicyclic) bond motifs is 1. The van der Waals surface area contributed by atoms with Crippen LogP contribution in [0.2, 0.25) is 0 Å². The van der Waals surface area contributed by atoms with Crippen LogP contribution < -0.4 is 5.32 Å². The first-order valence-corrected chi connectivity index (χ1v) is 7.08. The first-order valence-electron chi connectivity index (χ1n) is 7.08. The fourth-order valence-corrected chi connectivity index (χ4v) is 3.23. The number of H-pyrrole nitrogens is 1. The first-order chi connectivity index (χ1) is 8.83. The van der Waals surface area contributed by atoms with E-state index in [1.165, 1.54) is 42.3 Å². The topological polar surface area (TPSA) is 27.8 Å². The predicted molar refractivity (Wildman–Crippen MR) is 76.5 cm³/mol. The molecule has 1 aliphatic rings. The summed E-state index contributed by atoms with van der Waals surface area (Å²) in [7, 11) is 0. The molecule has 18 heavy (non-hydrogen) atoms. The van der Waals surface area contributed by atoms with Crippen molar-refractivity contribution in [2.45, 2.75) is 32.7 Å². The lowest BCUT2D eigenvalue weighted by Crippen LogP contribution is -2.21. The smallest absolute Gasteiger partial charge is 0.0457 e. The molecule has 3 rings (SSSR count). The van der Waals surface area contributed by atoms with Crippen LogP contribution in [0.5, 0.6) is 0 Å². The highest BCUT2D eigenvalue weighted by molar-refractivity contribution is 5.82. The number of benzene rings is 1. The molecular weight excluding hydrogens is 220 g/mol. The van der Waals surface area contributed by atoms with Gasteiger partial charge in [0.1, 0.15) is 0 Å². The van der Waals surface area contributed by atoms with Gasteiger partial charge in [-0.25, -0.2) is 0 Å². The summed E-state index contributed by atoms with van der Waals surface area (Å²) in [5, 5.41) is 4.98. The predicted octanol–water partition coefficient (Wildman–Crippen LogP) is 3.69.